The third kappa shape index (κ3) is 7.82. The molecule has 1 aliphatic carbocycles. The fourth-order valence-corrected chi connectivity index (χ4v) is 8.54. The number of benzene rings is 4. The molecule has 0 spiro atoms. The van der Waals surface area contributed by atoms with Crippen molar-refractivity contribution in [3.63, 3.8) is 0 Å². The molecule has 10 heteroatoms. The van der Waals surface area contributed by atoms with E-state index in [2.05, 4.69) is 31.4 Å². The maximum atomic E-state index is 14.3. The van der Waals surface area contributed by atoms with Gasteiger partial charge in [-0.15, -0.1) is 0 Å². The first-order chi connectivity index (χ1) is 26.9. The molecule has 0 unspecified atom stereocenters. The van der Waals surface area contributed by atoms with Crippen LogP contribution in [0.5, 0.6) is 23.0 Å². The van der Waals surface area contributed by atoms with Gasteiger partial charge in [0.2, 0.25) is 0 Å². The maximum Gasteiger partial charge on any atom is 0.252 e. The van der Waals surface area contributed by atoms with Crippen LogP contribution in [-0.2, 0) is 0 Å². The second-order valence-corrected chi connectivity index (χ2v) is 15.7. The molecule has 0 bridgehead atoms. The molecule has 6 aromatic rings. The van der Waals surface area contributed by atoms with Crippen LogP contribution in [0, 0.1) is 10.8 Å². The predicted molar refractivity (Wildman–Crippen MR) is 220 cm³/mol. The molecule has 0 saturated heterocycles. The Bertz CT molecular complexity index is 2450. The van der Waals surface area contributed by atoms with E-state index in [9.17, 15) is 9.59 Å². The highest BCUT2D eigenvalue weighted by Gasteiger charge is 2.42. The monoisotopic (exact) mass is 752 g/mol. The summed E-state index contributed by atoms with van der Waals surface area (Å²) in [6.45, 7) is 7.10. The SMILES string of the molecule is COc1ccc(-c2cc(C(=O)NC[C@]3(C)C[C@H](NC(=O)c4cc(-c5ccc(OC)c(OC)c5)nc5ccccc45)CC(C)(C)C3)c3ccccc3n2)cc1OC. The second-order valence-electron chi connectivity index (χ2n) is 15.7. The lowest BCUT2D eigenvalue weighted by molar-refractivity contribution is 0.0593. The van der Waals surface area contributed by atoms with E-state index in [0.717, 1.165) is 45.8 Å². The van der Waals surface area contributed by atoms with Gasteiger partial charge in [-0.2, -0.15) is 0 Å². The van der Waals surface area contributed by atoms with Gasteiger partial charge in [0.1, 0.15) is 0 Å². The minimum atomic E-state index is -0.296. The van der Waals surface area contributed by atoms with Gasteiger partial charge in [0.15, 0.2) is 23.0 Å². The summed E-state index contributed by atoms with van der Waals surface area (Å²) in [5.74, 6) is 2.05. The van der Waals surface area contributed by atoms with Crippen molar-refractivity contribution in [3.05, 3.63) is 108 Å². The fraction of sp³-hybridized carbons (Fsp3) is 0.304. The molecule has 4 aromatic carbocycles. The molecular formula is C46H48N4O6. The Morgan fingerprint density at radius 3 is 1.61 bits per heavy atom. The molecule has 0 aliphatic heterocycles. The summed E-state index contributed by atoms with van der Waals surface area (Å²) in [5.41, 5.74) is 5.06. The van der Waals surface area contributed by atoms with E-state index in [1.807, 2.05) is 97.1 Å². The summed E-state index contributed by atoms with van der Waals surface area (Å²) in [4.78, 5) is 38.2. The Morgan fingerprint density at radius 2 is 1.11 bits per heavy atom. The van der Waals surface area contributed by atoms with E-state index in [4.69, 9.17) is 28.9 Å². The number of hydrogen-bond acceptors (Lipinski definition) is 8. The molecule has 2 aromatic heterocycles. The Hall–Kier alpha value is -6.16. The zero-order valence-corrected chi connectivity index (χ0v) is 33.0. The highest BCUT2D eigenvalue weighted by Crippen LogP contribution is 2.46. The molecule has 2 N–H and O–H groups in total. The molecule has 2 atom stereocenters. The second kappa shape index (κ2) is 15.5. The topological polar surface area (TPSA) is 121 Å². The number of carbonyl (C=O) groups excluding carboxylic acids is 2. The van der Waals surface area contributed by atoms with Crippen molar-refractivity contribution in [2.75, 3.05) is 35.0 Å². The fourth-order valence-electron chi connectivity index (χ4n) is 8.54. The van der Waals surface area contributed by atoms with Crippen LogP contribution in [0.4, 0.5) is 0 Å². The van der Waals surface area contributed by atoms with Crippen LogP contribution >= 0.6 is 0 Å². The summed E-state index contributed by atoms with van der Waals surface area (Å²) in [7, 11) is 6.38. The van der Waals surface area contributed by atoms with E-state index in [1.165, 1.54) is 0 Å². The number of ether oxygens (including phenoxy) is 4. The standard InChI is InChI=1S/C46H48N4O6/c1-45(2)24-30(48-44(52)34-23-38(50-36-15-11-9-13-32(34)36)29-17-19-40(54-5)42(21-29)56-7)25-46(3,26-45)27-47-43(51)33-22-37(49-35-14-10-8-12-31(33)35)28-16-18-39(53-4)41(20-28)55-6/h8-23,30H,24-27H2,1-7H3,(H,47,51)(H,48,52)/t30-,46-/m1/s1. The number of amides is 2. The Kier molecular flexibility index (Phi) is 10.6. The van der Waals surface area contributed by atoms with Crippen molar-refractivity contribution >= 4 is 33.6 Å². The summed E-state index contributed by atoms with van der Waals surface area (Å²) in [6.07, 6.45) is 2.38. The largest absolute Gasteiger partial charge is 0.493 e. The van der Waals surface area contributed by atoms with Crippen molar-refractivity contribution in [1.29, 1.82) is 0 Å². The van der Waals surface area contributed by atoms with Crippen molar-refractivity contribution in [2.24, 2.45) is 10.8 Å². The normalized spacial score (nSPS) is 17.6. The van der Waals surface area contributed by atoms with Crippen LogP contribution < -0.4 is 29.6 Å². The van der Waals surface area contributed by atoms with Crippen LogP contribution in [0.1, 0.15) is 60.7 Å². The molecular weight excluding hydrogens is 705 g/mol. The molecule has 7 rings (SSSR count). The molecule has 2 amide bonds. The minimum Gasteiger partial charge on any atom is -0.493 e. The number of nitrogens with zero attached hydrogens (tertiary/aromatic N) is 2. The van der Waals surface area contributed by atoms with Crippen LogP contribution in [0.15, 0.2) is 97.1 Å². The van der Waals surface area contributed by atoms with Gasteiger partial charge in [-0.3, -0.25) is 9.59 Å². The van der Waals surface area contributed by atoms with Crippen molar-refractivity contribution in [2.45, 2.75) is 46.1 Å². The third-order valence-corrected chi connectivity index (χ3v) is 10.7. The summed E-state index contributed by atoms with van der Waals surface area (Å²) >= 11 is 0. The summed E-state index contributed by atoms with van der Waals surface area (Å²) < 4.78 is 22.0. The van der Waals surface area contributed by atoms with E-state index in [0.29, 0.717) is 58.5 Å². The summed E-state index contributed by atoms with van der Waals surface area (Å²) in [5, 5.41) is 8.22. The number of pyridine rings is 2. The number of carbonyl (C=O) groups is 2. The number of para-hydroxylation sites is 2. The van der Waals surface area contributed by atoms with Crippen LogP contribution in [-0.4, -0.2) is 62.8 Å². The lowest BCUT2D eigenvalue weighted by Crippen LogP contribution is -2.50. The average Bonchev–Trinajstić information content (AvgIpc) is 3.20. The molecule has 1 aliphatic rings. The number of hydrogen-bond donors (Lipinski definition) is 2. The van der Waals surface area contributed by atoms with Gasteiger partial charge >= 0.3 is 0 Å². The first kappa shape index (κ1) is 38.1. The first-order valence-corrected chi connectivity index (χ1v) is 18.8. The minimum absolute atomic E-state index is 0.0925. The van der Waals surface area contributed by atoms with Crippen LogP contribution in [0.25, 0.3) is 44.3 Å². The molecule has 10 nitrogen and oxygen atoms in total. The molecule has 56 heavy (non-hydrogen) atoms. The molecule has 0 radical (unpaired) electrons. The molecule has 1 fully saturated rings. The van der Waals surface area contributed by atoms with Gasteiger partial charge in [0.25, 0.3) is 11.8 Å². The number of rotatable bonds is 11. The Labute approximate surface area is 327 Å². The van der Waals surface area contributed by atoms with E-state index >= 15 is 0 Å². The Morgan fingerprint density at radius 1 is 0.625 bits per heavy atom. The zero-order chi connectivity index (χ0) is 39.6. The van der Waals surface area contributed by atoms with Crippen LogP contribution in [0.3, 0.4) is 0 Å². The smallest absolute Gasteiger partial charge is 0.252 e. The van der Waals surface area contributed by atoms with Gasteiger partial charge in [0, 0.05) is 34.5 Å². The quantitative estimate of drug-likeness (QED) is 0.135. The van der Waals surface area contributed by atoms with Crippen molar-refractivity contribution < 1.29 is 28.5 Å². The molecule has 2 heterocycles. The lowest BCUT2D eigenvalue weighted by atomic mass is 9.62. The molecule has 288 valence electrons. The van der Waals surface area contributed by atoms with E-state index < -0.39 is 0 Å². The first-order valence-electron chi connectivity index (χ1n) is 18.8. The predicted octanol–water partition coefficient (Wildman–Crippen LogP) is 8.90. The van der Waals surface area contributed by atoms with Gasteiger partial charge in [0.05, 0.1) is 62.0 Å². The zero-order valence-electron chi connectivity index (χ0n) is 33.0. The Balaban J connectivity index is 1.13. The number of methoxy groups -OCH3 is 4. The third-order valence-electron chi connectivity index (χ3n) is 10.7. The van der Waals surface area contributed by atoms with Crippen LogP contribution in [0.2, 0.25) is 0 Å². The van der Waals surface area contributed by atoms with E-state index in [1.54, 1.807) is 28.4 Å². The van der Waals surface area contributed by atoms with Gasteiger partial charge < -0.3 is 29.6 Å². The average molecular weight is 753 g/mol. The number of nitrogens with one attached hydrogen (secondary N) is 2. The number of fused-ring (bicyclic) bond motifs is 2. The van der Waals surface area contributed by atoms with Crippen molar-refractivity contribution in [3.8, 4) is 45.5 Å². The number of aromatic nitrogens is 2. The molecule has 1 saturated carbocycles. The van der Waals surface area contributed by atoms with E-state index in [-0.39, 0.29) is 28.7 Å². The van der Waals surface area contributed by atoms with Gasteiger partial charge in [-0.25, -0.2) is 9.97 Å². The van der Waals surface area contributed by atoms with Gasteiger partial charge in [-0.05, 0) is 90.8 Å². The lowest BCUT2D eigenvalue weighted by Gasteiger charge is -2.47. The van der Waals surface area contributed by atoms with Gasteiger partial charge in [-0.1, -0.05) is 57.2 Å². The highest BCUT2D eigenvalue weighted by molar-refractivity contribution is 6.08. The summed E-state index contributed by atoms with van der Waals surface area (Å²) in [6, 6.07) is 30.1. The highest BCUT2D eigenvalue weighted by atomic mass is 16.5. The maximum absolute atomic E-state index is 14.3. The van der Waals surface area contributed by atoms with Crippen molar-refractivity contribution in [1.82, 2.24) is 20.6 Å².